The van der Waals surface area contributed by atoms with Crippen LogP contribution in [0.3, 0.4) is 0 Å². The van der Waals surface area contributed by atoms with Gasteiger partial charge in [-0.15, -0.1) is 0 Å². The fourth-order valence-electron chi connectivity index (χ4n) is 1.86. The van der Waals surface area contributed by atoms with Crippen molar-refractivity contribution in [2.75, 3.05) is 0 Å². The van der Waals surface area contributed by atoms with Gasteiger partial charge in [0.2, 0.25) is 0 Å². The first-order valence-corrected chi connectivity index (χ1v) is 6.99. The van der Waals surface area contributed by atoms with Gasteiger partial charge >= 0.3 is 5.97 Å². The molecule has 0 bridgehead atoms. The molecule has 0 atom stereocenters. The first kappa shape index (κ1) is 13.8. The van der Waals surface area contributed by atoms with E-state index in [0.717, 1.165) is 18.5 Å². The van der Waals surface area contributed by atoms with E-state index < -0.39 is 5.97 Å². The van der Waals surface area contributed by atoms with Crippen LogP contribution in [0.2, 0.25) is 0 Å². The summed E-state index contributed by atoms with van der Waals surface area (Å²) in [5.41, 5.74) is 1.08. The minimum atomic E-state index is -0.492. The Morgan fingerprint density at radius 1 is 1.48 bits per heavy atom. The molecule has 2 aromatic rings. The maximum atomic E-state index is 11.9. The number of ether oxygens (including phenoxy) is 1. The van der Waals surface area contributed by atoms with Crippen LogP contribution in [0.25, 0.3) is 0 Å². The summed E-state index contributed by atoms with van der Waals surface area (Å²) in [6, 6.07) is 1.74. The summed E-state index contributed by atoms with van der Waals surface area (Å²) >= 11 is 0. The quantitative estimate of drug-likeness (QED) is 0.868. The molecule has 2 heterocycles. The van der Waals surface area contributed by atoms with Gasteiger partial charge in [-0.3, -0.25) is 5.10 Å². The van der Waals surface area contributed by atoms with Gasteiger partial charge in [-0.25, -0.2) is 4.79 Å². The number of carbonyl (C=O) groups is 1. The number of rotatable bonds is 4. The van der Waals surface area contributed by atoms with E-state index in [1.165, 1.54) is 0 Å². The number of carbonyl (C=O) groups excluding carboxylic acids is 1. The lowest BCUT2D eigenvalue weighted by Gasteiger charge is -2.10. The highest BCUT2D eigenvalue weighted by Crippen LogP contribution is 2.39. The molecule has 0 aromatic carbocycles. The number of nitrogens with zero attached hydrogens (tertiary/aromatic N) is 3. The van der Waals surface area contributed by atoms with E-state index in [0.29, 0.717) is 11.7 Å². The summed E-state index contributed by atoms with van der Waals surface area (Å²) < 4.78 is 10.2. The standard InChI is InChI=1S/C14H18N4O3/c1-14(2,3)13-15-11(21-18-13)7-20-12(19)10-6-9(16-17-10)8-4-5-8/h6,8H,4-5,7H2,1-3H3,(H,16,17). The molecule has 0 aliphatic heterocycles. The van der Waals surface area contributed by atoms with Gasteiger partial charge in [0.15, 0.2) is 18.1 Å². The number of hydrogen-bond acceptors (Lipinski definition) is 6. The normalized spacial score (nSPS) is 15.2. The number of H-pyrrole nitrogens is 1. The molecule has 0 spiro atoms. The SMILES string of the molecule is CC(C)(C)c1noc(COC(=O)c2cc(C3CC3)[nH]n2)n1. The Kier molecular flexibility index (Phi) is 3.27. The highest BCUT2D eigenvalue weighted by atomic mass is 16.6. The van der Waals surface area contributed by atoms with E-state index in [2.05, 4.69) is 20.3 Å². The Morgan fingerprint density at radius 2 is 2.24 bits per heavy atom. The van der Waals surface area contributed by atoms with Crippen molar-refractivity contribution in [3.63, 3.8) is 0 Å². The Labute approximate surface area is 122 Å². The molecule has 1 aliphatic rings. The highest BCUT2D eigenvalue weighted by molar-refractivity contribution is 5.87. The molecule has 0 saturated heterocycles. The first-order chi connectivity index (χ1) is 9.93. The maximum absolute atomic E-state index is 11.9. The van der Waals surface area contributed by atoms with Crippen molar-refractivity contribution >= 4 is 5.97 Å². The van der Waals surface area contributed by atoms with Gasteiger partial charge in [0, 0.05) is 17.0 Å². The van der Waals surface area contributed by atoms with Crippen LogP contribution < -0.4 is 0 Å². The lowest BCUT2D eigenvalue weighted by atomic mass is 9.96. The second-order valence-corrected chi connectivity index (χ2v) is 6.32. The molecule has 0 radical (unpaired) electrons. The molecule has 112 valence electrons. The Balaban J connectivity index is 1.58. The Morgan fingerprint density at radius 3 is 2.86 bits per heavy atom. The molecule has 1 N–H and O–H groups in total. The van der Waals surface area contributed by atoms with Gasteiger partial charge in [-0.2, -0.15) is 10.1 Å². The van der Waals surface area contributed by atoms with Crippen molar-refractivity contribution in [1.29, 1.82) is 0 Å². The number of esters is 1. The fourth-order valence-corrected chi connectivity index (χ4v) is 1.86. The summed E-state index contributed by atoms with van der Waals surface area (Å²) in [6.07, 6.45) is 2.29. The number of nitrogens with one attached hydrogen (secondary N) is 1. The number of aromatic amines is 1. The van der Waals surface area contributed by atoms with E-state index >= 15 is 0 Å². The van der Waals surface area contributed by atoms with Crippen molar-refractivity contribution in [2.24, 2.45) is 0 Å². The molecule has 21 heavy (non-hydrogen) atoms. The third kappa shape index (κ3) is 3.12. The van der Waals surface area contributed by atoms with Crippen LogP contribution in [0.15, 0.2) is 10.6 Å². The minimum Gasteiger partial charge on any atom is -0.451 e. The van der Waals surface area contributed by atoms with Crippen molar-refractivity contribution in [3.8, 4) is 0 Å². The average molecular weight is 290 g/mol. The second-order valence-electron chi connectivity index (χ2n) is 6.32. The van der Waals surface area contributed by atoms with Gasteiger partial charge < -0.3 is 9.26 Å². The average Bonchev–Trinajstić information content (AvgIpc) is 2.97. The molecule has 0 unspecified atom stereocenters. The van der Waals surface area contributed by atoms with Gasteiger partial charge in [0.1, 0.15) is 0 Å². The molecule has 7 nitrogen and oxygen atoms in total. The predicted octanol–water partition coefficient (Wildman–Crippen LogP) is 2.32. The van der Waals surface area contributed by atoms with Gasteiger partial charge in [0.05, 0.1) is 0 Å². The zero-order chi connectivity index (χ0) is 15.0. The zero-order valence-electron chi connectivity index (χ0n) is 12.3. The van der Waals surface area contributed by atoms with Crippen LogP contribution in [0.4, 0.5) is 0 Å². The predicted molar refractivity (Wildman–Crippen MR) is 72.7 cm³/mol. The monoisotopic (exact) mass is 290 g/mol. The van der Waals surface area contributed by atoms with Gasteiger partial charge in [-0.05, 0) is 18.9 Å². The van der Waals surface area contributed by atoms with E-state index in [9.17, 15) is 4.79 Å². The minimum absolute atomic E-state index is 0.0481. The summed E-state index contributed by atoms with van der Waals surface area (Å²) in [5, 5.41) is 10.7. The lowest BCUT2D eigenvalue weighted by Crippen LogP contribution is -2.13. The van der Waals surface area contributed by atoms with E-state index in [1.807, 2.05) is 20.8 Å². The van der Waals surface area contributed by atoms with Crippen LogP contribution in [0.1, 0.15) is 67.4 Å². The molecule has 2 aromatic heterocycles. The molecular weight excluding hydrogens is 272 g/mol. The summed E-state index contributed by atoms with van der Waals surface area (Å²) in [4.78, 5) is 16.1. The largest absolute Gasteiger partial charge is 0.451 e. The fraction of sp³-hybridized carbons (Fsp3) is 0.571. The van der Waals surface area contributed by atoms with Gasteiger partial charge in [-0.1, -0.05) is 25.9 Å². The van der Waals surface area contributed by atoms with Crippen LogP contribution in [0.5, 0.6) is 0 Å². The van der Waals surface area contributed by atoms with Crippen LogP contribution in [0, 0.1) is 0 Å². The van der Waals surface area contributed by atoms with Crippen molar-refractivity contribution in [3.05, 3.63) is 29.2 Å². The molecule has 1 fully saturated rings. The zero-order valence-corrected chi connectivity index (χ0v) is 12.3. The third-order valence-corrected chi connectivity index (χ3v) is 3.29. The molecule has 7 heteroatoms. The molecular formula is C14H18N4O3. The molecule has 3 rings (SSSR count). The summed E-state index contributed by atoms with van der Waals surface area (Å²) in [5.74, 6) is 0.897. The molecule has 0 amide bonds. The Bertz CT molecular complexity index is 649. The number of aromatic nitrogens is 4. The van der Waals surface area contributed by atoms with E-state index in [-0.39, 0.29) is 23.6 Å². The van der Waals surface area contributed by atoms with Crippen LogP contribution in [-0.2, 0) is 16.8 Å². The smallest absolute Gasteiger partial charge is 0.359 e. The summed E-state index contributed by atoms with van der Waals surface area (Å²) in [7, 11) is 0. The van der Waals surface area contributed by atoms with E-state index in [4.69, 9.17) is 9.26 Å². The maximum Gasteiger partial charge on any atom is 0.359 e. The Hall–Kier alpha value is -2.18. The van der Waals surface area contributed by atoms with Crippen molar-refractivity contribution in [1.82, 2.24) is 20.3 Å². The number of hydrogen-bond donors (Lipinski definition) is 1. The van der Waals surface area contributed by atoms with Crippen LogP contribution >= 0.6 is 0 Å². The second kappa shape index (κ2) is 4.98. The summed E-state index contributed by atoms with van der Waals surface area (Å²) in [6.45, 7) is 5.90. The van der Waals surface area contributed by atoms with E-state index in [1.54, 1.807) is 6.07 Å². The third-order valence-electron chi connectivity index (χ3n) is 3.29. The van der Waals surface area contributed by atoms with Gasteiger partial charge in [0.25, 0.3) is 5.89 Å². The lowest BCUT2D eigenvalue weighted by molar-refractivity contribution is 0.0423. The van der Waals surface area contributed by atoms with Crippen molar-refractivity contribution in [2.45, 2.75) is 51.6 Å². The molecule has 1 aliphatic carbocycles. The van der Waals surface area contributed by atoms with Crippen molar-refractivity contribution < 1.29 is 14.1 Å². The first-order valence-electron chi connectivity index (χ1n) is 6.99. The topological polar surface area (TPSA) is 93.9 Å². The van der Waals surface area contributed by atoms with Crippen LogP contribution in [-0.4, -0.2) is 26.3 Å². The highest BCUT2D eigenvalue weighted by Gasteiger charge is 2.27. The molecule has 1 saturated carbocycles.